The number of carbonyl (C=O) groups is 1. The average Bonchev–Trinajstić information content (AvgIpc) is 3.24. The molecule has 2 heterocycles. The van der Waals surface area contributed by atoms with Gasteiger partial charge in [-0.25, -0.2) is 0 Å². The van der Waals surface area contributed by atoms with E-state index in [1.54, 1.807) is 17.6 Å². The highest BCUT2D eigenvalue weighted by molar-refractivity contribution is 9.10. The molecular weight excluding hydrogens is 492 g/mol. The molecule has 0 saturated carbocycles. The van der Waals surface area contributed by atoms with Crippen LogP contribution in [-0.4, -0.2) is 66.7 Å². The Morgan fingerprint density at radius 2 is 1.97 bits per heavy atom. The summed E-state index contributed by atoms with van der Waals surface area (Å²) in [5.41, 5.74) is 0.160. The number of methoxy groups -OCH3 is 1. The van der Waals surface area contributed by atoms with Crippen LogP contribution in [0.2, 0.25) is 0 Å². The number of benzene rings is 2. The SMILES string of the molecule is COc1c(Br)ccc(O)c1C(=O)NCCCCN1CCN(c2nsc3ccccc23)CC1. The average molecular weight is 519 g/mol. The number of rotatable bonds is 8. The van der Waals surface area contributed by atoms with Gasteiger partial charge in [-0.3, -0.25) is 9.69 Å². The number of phenolic OH excluding ortho intramolecular Hbond substituents is 1. The number of nitrogens with one attached hydrogen (secondary N) is 1. The van der Waals surface area contributed by atoms with E-state index in [0.717, 1.165) is 51.4 Å². The van der Waals surface area contributed by atoms with Crippen LogP contribution < -0.4 is 15.0 Å². The zero-order chi connectivity index (χ0) is 22.5. The molecule has 1 aliphatic heterocycles. The number of fused-ring (bicyclic) bond motifs is 1. The molecule has 9 heteroatoms. The number of piperazine rings is 1. The van der Waals surface area contributed by atoms with Gasteiger partial charge in [-0.2, -0.15) is 4.37 Å². The Bertz CT molecular complexity index is 1080. The first-order valence-corrected chi connectivity index (χ1v) is 12.3. The molecule has 0 unspecified atom stereocenters. The first-order valence-electron chi connectivity index (χ1n) is 10.7. The smallest absolute Gasteiger partial charge is 0.258 e. The van der Waals surface area contributed by atoms with Gasteiger partial charge in [0, 0.05) is 38.1 Å². The van der Waals surface area contributed by atoms with Crippen molar-refractivity contribution in [3.05, 3.63) is 46.4 Å². The molecule has 1 saturated heterocycles. The first kappa shape index (κ1) is 22.8. The van der Waals surface area contributed by atoms with Crippen molar-refractivity contribution in [1.82, 2.24) is 14.6 Å². The van der Waals surface area contributed by atoms with Crippen LogP contribution in [0.25, 0.3) is 10.1 Å². The topological polar surface area (TPSA) is 77.9 Å². The summed E-state index contributed by atoms with van der Waals surface area (Å²) in [6.45, 7) is 5.55. The van der Waals surface area contributed by atoms with Gasteiger partial charge in [0.15, 0.2) is 0 Å². The molecule has 0 bridgehead atoms. The maximum absolute atomic E-state index is 12.5. The molecule has 1 amide bonds. The number of nitrogens with zero attached hydrogens (tertiary/aromatic N) is 3. The lowest BCUT2D eigenvalue weighted by molar-refractivity contribution is 0.0946. The number of halogens is 1. The van der Waals surface area contributed by atoms with Crippen LogP contribution in [0.3, 0.4) is 0 Å². The van der Waals surface area contributed by atoms with Gasteiger partial charge >= 0.3 is 0 Å². The molecule has 170 valence electrons. The lowest BCUT2D eigenvalue weighted by atomic mass is 10.1. The van der Waals surface area contributed by atoms with Crippen LogP contribution in [0.1, 0.15) is 23.2 Å². The number of unbranched alkanes of at least 4 members (excludes halogenated alkanes) is 1. The van der Waals surface area contributed by atoms with Crippen molar-refractivity contribution in [3.8, 4) is 11.5 Å². The molecule has 2 aromatic carbocycles. The number of aromatic nitrogens is 1. The molecule has 1 fully saturated rings. The van der Waals surface area contributed by atoms with E-state index in [0.29, 0.717) is 16.8 Å². The van der Waals surface area contributed by atoms with Crippen LogP contribution in [0.5, 0.6) is 11.5 Å². The Balaban J connectivity index is 1.19. The normalized spacial score (nSPS) is 14.6. The summed E-state index contributed by atoms with van der Waals surface area (Å²) in [6.07, 6.45) is 1.88. The Morgan fingerprint density at radius 1 is 1.19 bits per heavy atom. The fraction of sp³-hybridized carbons (Fsp3) is 0.391. The summed E-state index contributed by atoms with van der Waals surface area (Å²) in [5.74, 6) is 1.03. The van der Waals surface area contributed by atoms with Gasteiger partial charge in [0.05, 0.1) is 16.3 Å². The molecule has 7 nitrogen and oxygen atoms in total. The van der Waals surface area contributed by atoms with Crippen molar-refractivity contribution >= 4 is 49.3 Å². The van der Waals surface area contributed by atoms with E-state index in [1.165, 1.54) is 23.3 Å². The van der Waals surface area contributed by atoms with E-state index in [9.17, 15) is 9.90 Å². The number of carbonyl (C=O) groups excluding carboxylic acids is 1. The van der Waals surface area contributed by atoms with Gasteiger partial charge < -0.3 is 20.1 Å². The van der Waals surface area contributed by atoms with Gasteiger partial charge in [0.25, 0.3) is 5.91 Å². The summed E-state index contributed by atoms with van der Waals surface area (Å²) in [4.78, 5) is 17.4. The van der Waals surface area contributed by atoms with Crippen LogP contribution in [0.4, 0.5) is 5.82 Å². The maximum Gasteiger partial charge on any atom is 0.258 e. The number of aromatic hydroxyl groups is 1. The third-order valence-corrected chi connectivity index (χ3v) is 7.18. The van der Waals surface area contributed by atoms with E-state index in [2.05, 4.69) is 59.7 Å². The van der Waals surface area contributed by atoms with Crippen LogP contribution in [-0.2, 0) is 0 Å². The largest absolute Gasteiger partial charge is 0.507 e. The second-order valence-electron chi connectivity index (χ2n) is 7.77. The summed E-state index contributed by atoms with van der Waals surface area (Å²) < 4.78 is 11.8. The Labute approximate surface area is 200 Å². The lowest BCUT2D eigenvalue weighted by Gasteiger charge is -2.35. The fourth-order valence-corrected chi connectivity index (χ4v) is 5.29. The number of hydrogen-bond donors (Lipinski definition) is 2. The lowest BCUT2D eigenvalue weighted by Crippen LogP contribution is -2.46. The first-order chi connectivity index (χ1) is 15.6. The number of hydrogen-bond acceptors (Lipinski definition) is 7. The molecule has 1 aromatic heterocycles. The van der Waals surface area contributed by atoms with Gasteiger partial charge in [-0.15, -0.1) is 0 Å². The molecule has 0 aliphatic carbocycles. The number of phenols is 1. The van der Waals surface area contributed by atoms with Gasteiger partial charge in [0.1, 0.15) is 22.9 Å². The van der Waals surface area contributed by atoms with Gasteiger partial charge in [-0.1, -0.05) is 12.1 Å². The van der Waals surface area contributed by atoms with Crippen molar-refractivity contribution in [2.75, 3.05) is 51.3 Å². The summed E-state index contributed by atoms with van der Waals surface area (Å²) in [5, 5.41) is 14.2. The minimum atomic E-state index is -0.329. The predicted molar refractivity (Wildman–Crippen MR) is 132 cm³/mol. The highest BCUT2D eigenvalue weighted by atomic mass is 79.9. The molecule has 4 rings (SSSR count). The summed E-state index contributed by atoms with van der Waals surface area (Å²) in [6, 6.07) is 11.5. The third kappa shape index (κ3) is 5.00. The van der Waals surface area contributed by atoms with Crippen molar-refractivity contribution in [1.29, 1.82) is 0 Å². The summed E-state index contributed by atoms with van der Waals surface area (Å²) in [7, 11) is 1.48. The Hall–Kier alpha value is -2.36. The van der Waals surface area contributed by atoms with Crippen LogP contribution in [0, 0.1) is 0 Å². The molecule has 2 N–H and O–H groups in total. The molecular formula is C23H27BrN4O3S. The van der Waals surface area contributed by atoms with E-state index >= 15 is 0 Å². The van der Waals surface area contributed by atoms with Crippen molar-refractivity contribution in [2.24, 2.45) is 0 Å². The highest BCUT2D eigenvalue weighted by Gasteiger charge is 2.21. The van der Waals surface area contributed by atoms with Crippen molar-refractivity contribution < 1.29 is 14.6 Å². The predicted octanol–water partition coefficient (Wildman–Crippen LogP) is 4.11. The zero-order valence-electron chi connectivity index (χ0n) is 18.0. The van der Waals surface area contributed by atoms with Crippen LogP contribution >= 0.6 is 27.5 Å². The van der Waals surface area contributed by atoms with E-state index < -0.39 is 0 Å². The quantitative estimate of drug-likeness (QED) is 0.437. The monoisotopic (exact) mass is 518 g/mol. The zero-order valence-corrected chi connectivity index (χ0v) is 20.4. The van der Waals surface area contributed by atoms with Crippen molar-refractivity contribution in [2.45, 2.75) is 12.8 Å². The second kappa shape index (κ2) is 10.5. The number of ether oxygens (including phenoxy) is 1. The number of anilines is 1. The van der Waals surface area contributed by atoms with Gasteiger partial charge in [0.2, 0.25) is 0 Å². The maximum atomic E-state index is 12.5. The fourth-order valence-electron chi connectivity index (χ4n) is 4.00. The van der Waals surface area contributed by atoms with E-state index in [-0.39, 0.29) is 17.2 Å². The molecule has 1 aliphatic rings. The number of amides is 1. The molecule has 0 atom stereocenters. The van der Waals surface area contributed by atoms with Crippen molar-refractivity contribution in [3.63, 3.8) is 0 Å². The Morgan fingerprint density at radius 3 is 2.75 bits per heavy atom. The molecule has 0 radical (unpaired) electrons. The van der Waals surface area contributed by atoms with E-state index in [1.807, 2.05) is 0 Å². The molecule has 32 heavy (non-hydrogen) atoms. The van der Waals surface area contributed by atoms with E-state index in [4.69, 9.17) is 4.74 Å². The Kier molecular flexibility index (Phi) is 7.49. The third-order valence-electron chi connectivity index (χ3n) is 5.74. The minimum Gasteiger partial charge on any atom is -0.507 e. The molecule has 0 spiro atoms. The van der Waals surface area contributed by atoms with Gasteiger partial charge in [-0.05, 0) is 71.1 Å². The highest BCUT2D eigenvalue weighted by Crippen LogP contribution is 2.35. The summed E-state index contributed by atoms with van der Waals surface area (Å²) >= 11 is 4.91. The van der Waals surface area contributed by atoms with Crippen LogP contribution in [0.15, 0.2) is 40.9 Å². The minimum absolute atomic E-state index is 0.0895. The standard InChI is InChI=1S/C23H27BrN4O3S/c1-31-21-17(24)8-9-18(29)20(21)23(30)25-10-4-5-11-27-12-14-28(15-13-27)22-16-6-2-3-7-19(16)32-26-22/h2-3,6-9,29H,4-5,10-15H2,1H3,(H,25,30). The second-order valence-corrected chi connectivity index (χ2v) is 9.43. The molecule has 3 aromatic rings.